The van der Waals surface area contributed by atoms with Crippen LogP contribution in [0.3, 0.4) is 0 Å². The van der Waals surface area contributed by atoms with E-state index < -0.39 is 0 Å². The second-order valence-electron chi connectivity index (χ2n) is 2.93. The highest BCUT2D eigenvalue weighted by Crippen LogP contribution is 2.41. The van der Waals surface area contributed by atoms with Gasteiger partial charge in [0.1, 0.15) is 11.6 Å². The molecule has 1 aromatic rings. The maximum atomic E-state index is 9.07. The zero-order valence-corrected chi connectivity index (χ0v) is 9.53. The number of ether oxygens (including phenoxy) is 3. The zero-order chi connectivity index (χ0) is 12.1. The van der Waals surface area contributed by atoms with Crippen LogP contribution in [-0.4, -0.2) is 21.3 Å². The quantitative estimate of drug-likeness (QED) is 0.779. The molecule has 0 amide bonds. The van der Waals surface area contributed by atoms with Gasteiger partial charge in [-0.25, -0.2) is 0 Å². The first kappa shape index (κ1) is 11.9. The van der Waals surface area contributed by atoms with E-state index in [2.05, 4.69) is 12.6 Å². The Morgan fingerprint density at radius 1 is 1.19 bits per heavy atom. The number of benzene rings is 1. The van der Waals surface area contributed by atoms with Gasteiger partial charge in [-0.3, -0.25) is 0 Å². The standard InChI is InChI=1S/C12H13NO3/c1-5-8-6-10(14-2)12(16-4)11(15-3)9(8)7-13/h5-6H,1H2,2-4H3. The molecule has 1 aromatic carbocycles. The molecule has 0 aliphatic rings. The molecule has 4 heteroatoms. The van der Waals surface area contributed by atoms with Crippen LogP contribution in [0.1, 0.15) is 11.1 Å². The molecule has 0 aliphatic carbocycles. The fraction of sp³-hybridized carbons (Fsp3) is 0.250. The van der Waals surface area contributed by atoms with E-state index >= 15 is 0 Å². The van der Waals surface area contributed by atoms with E-state index in [0.717, 1.165) is 0 Å². The smallest absolute Gasteiger partial charge is 0.204 e. The van der Waals surface area contributed by atoms with E-state index in [4.69, 9.17) is 19.5 Å². The Morgan fingerprint density at radius 2 is 1.81 bits per heavy atom. The summed E-state index contributed by atoms with van der Waals surface area (Å²) in [7, 11) is 4.50. The molecule has 16 heavy (non-hydrogen) atoms. The highest BCUT2D eigenvalue weighted by Gasteiger charge is 2.18. The summed E-state index contributed by atoms with van der Waals surface area (Å²) in [4.78, 5) is 0. The average molecular weight is 219 g/mol. The van der Waals surface area contributed by atoms with E-state index in [0.29, 0.717) is 28.4 Å². The summed E-state index contributed by atoms with van der Waals surface area (Å²) in [5, 5.41) is 9.07. The molecule has 0 fully saturated rings. The summed E-state index contributed by atoms with van der Waals surface area (Å²) < 4.78 is 15.5. The lowest BCUT2D eigenvalue weighted by molar-refractivity contribution is 0.323. The van der Waals surface area contributed by atoms with Crippen LogP contribution in [0.25, 0.3) is 6.08 Å². The molecule has 0 heterocycles. The molecule has 0 radical (unpaired) electrons. The lowest BCUT2D eigenvalue weighted by Gasteiger charge is -2.14. The van der Waals surface area contributed by atoms with Gasteiger partial charge < -0.3 is 14.2 Å². The van der Waals surface area contributed by atoms with Crippen molar-refractivity contribution in [2.45, 2.75) is 0 Å². The molecule has 1 rings (SSSR count). The number of rotatable bonds is 4. The third kappa shape index (κ3) is 1.80. The normalized spacial score (nSPS) is 9.12. The molecule has 84 valence electrons. The monoisotopic (exact) mass is 219 g/mol. The van der Waals surface area contributed by atoms with E-state index in [1.54, 1.807) is 12.1 Å². The van der Waals surface area contributed by atoms with Crippen molar-refractivity contribution >= 4 is 6.08 Å². The van der Waals surface area contributed by atoms with Crippen molar-refractivity contribution < 1.29 is 14.2 Å². The van der Waals surface area contributed by atoms with Crippen LogP contribution in [-0.2, 0) is 0 Å². The predicted octanol–water partition coefficient (Wildman–Crippen LogP) is 2.23. The van der Waals surface area contributed by atoms with Crippen LogP contribution >= 0.6 is 0 Å². The lowest BCUT2D eigenvalue weighted by atomic mass is 10.1. The first-order valence-electron chi connectivity index (χ1n) is 4.58. The van der Waals surface area contributed by atoms with Gasteiger partial charge in [-0.2, -0.15) is 5.26 Å². The Labute approximate surface area is 94.7 Å². The van der Waals surface area contributed by atoms with E-state index in [-0.39, 0.29) is 0 Å². The number of hydrogen-bond donors (Lipinski definition) is 0. The van der Waals surface area contributed by atoms with Crippen molar-refractivity contribution in [2.24, 2.45) is 0 Å². The van der Waals surface area contributed by atoms with Gasteiger partial charge in [0.05, 0.1) is 21.3 Å². The topological polar surface area (TPSA) is 51.5 Å². The van der Waals surface area contributed by atoms with Crippen molar-refractivity contribution in [3.05, 3.63) is 23.8 Å². The number of hydrogen-bond acceptors (Lipinski definition) is 4. The summed E-state index contributed by atoms with van der Waals surface area (Å²) >= 11 is 0. The number of nitrogens with zero attached hydrogens (tertiary/aromatic N) is 1. The van der Waals surface area contributed by atoms with Crippen LogP contribution in [0.15, 0.2) is 12.6 Å². The highest BCUT2D eigenvalue weighted by molar-refractivity contribution is 5.70. The Balaban J connectivity index is 3.62. The molecule has 0 spiro atoms. The van der Waals surface area contributed by atoms with Gasteiger partial charge in [0, 0.05) is 0 Å². The molecule has 0 saturated heterocycles. The first-order valence-corrected chi connectivity index (χ1v) is 4.58. The van der Waals surface area contributed by atoms with Crippen LogP contribution in [0.5, 0.6) is 17.2 Å². The second kappa shape index (κ2) is 5.08. The largest absolute Gasteiger partial charge is 0.493 e. The molecule has 0 aliphatic heterocycles. The first-order chi connectivity index (χ1) is 7.73. The third-order valence-corrected chi connectivity index (χ3v) is 2.19. The van der Waals surface area contributed by atoms with Gasteiger partial charge in [0.15, 0.2) is 11.5 Å². The van der Waals surface area contributed by atoms with E-state index in [1.807, 2.05) is 0 Å². The highest BCUT2D eigenvalue weighted by atomic mass is 16.5. The number of methoxy groups -OCH3 is 3. The minimum absolute atomic E-state index is 0.360. The average Bonchev–Trinajstić information content (AvgIpc) is 2.35. The molecule has 0 aromatic heterocycles. The Hall–Kier alpha value is -2.15. The minimum Gasteiger partial charge on any atom is -0.493 e. The molecule has 0 saturated carbocycles. The SMILES string of the molecule is C=Cc1cc(OC)c(OC)c(OC)c1C#N. The Bertz CT molecular complexity index is 447. The van der Waals surface area contributed by atoms with E-state index in [1.165, 1.54) is 21.3 Å². The maximum absolute atomic E-state index is 9.07. The summed E-state index contributed by atoms with van der Waals surface area (Å²) in [6, 6.07) is 3.75. The van der Waals surface area contributed by atoms with Gasteiger partial charge in [-0.05, 0) is 11.6 Å². The van der Waals surface area contributed by atoms with Crippen molar-refractivity contribution in [3.63, 3.8) is 0 Å². The van der Waals surface area contributed by atoms with Gasteiger partial charge in [-0.1, -0.05) is 12.7 Å². The van der Waals surface area contributed by atoms with Crippen LogP contribution in [0.4, 0.5) is 0 Å². The summed E-state index contributed by atoms with van der Waals surface area (Å²) in [5.41, 5.74) is 1.03. The minimum atomic E-state index is 0.360. The fourth-order valence-electron chi connectivity index (χ4n) is 1.45. The van der Waals surface area contributed by atoms with Crippen LogP contribution < -0.4 is 14.2 Å². The van der Waals surface area contributed by atoms with Crippen molar-refractivity contribution in [1.82, 2.24) is 0 Å². The molecule has 0 unspecified atom stereocenters. The van der Waals surface area contributed by atoms with Crippen LogP contribution in [0, 0.1) is 11.3 Å². The van der Waals surface area contributed by atoms with Crippen LogP contribution in [0.2, 0.25) is 0 Å². The molecular weight excluding hydrogens is 206 g/mol. The molecule has 4 nitrogen and oxygen atoms in total. The molecular formula is C12H13NO3. The van der Waals surface area contributed by atoms with Crippen molar-refractivity contribution in [1.29, 1.82) is 5.26 Å². The predicted molar refractivity (Wildman–Crippen MR) is 60.9 cm³/mol. The second-order valence-corrected chi connectivity index (χ2v) is 2.93. The summed E-state index contributed by atoms with van der Waals surface area (Å²) in [6.45, 7) is 3.64. The van der Waals surface area contributed by atoms with Crippen molar-refractivity contribution in [3.8, 4) is 23.3 Å². The third-order valence-electron chi connectivity index (χ3n) is 2.19. The molecule has 0 atom stereocenters. The van der Waals surface area contributed by atoms with Gasteiger partial charge >= 0.3 is 0 Å². The maximum Gasteiger partial charge on any atom is 0.204 e. The van der Waals surface area contributed by atoms with E-state index in [9.17, 15) is 0 Å². The zero-order valence-electron chi connectivity index (χ0n) is 9.53. The van der Waals surface area contributed by atoms with Gasteiger partial charge in [0.25, 0.3) is 0 Å². The Kier molecular flexibility index (Phi) is 3.78. The summed E-state index contributed by atoms with van der Waals surface area (Å²) in [5.74, 6) is 1.28. The van der Waals surface area contributed by atoms with Gasteiger partial charge in [0.2, 0.25) is 5.75 Å². The fourth-order valence-corrected chi connectivity index (χ4v) is 1.45. The Morgan fingerprint density at radius 3 is 2.19 bits per heavy atom. The van der Waals surface area contributed by atoms with Crippen molar-refractivity contribution in [2.75, 3.05) is 21.3 Å². The molecule has 0 bridgehead atoms. The number of nitriles is 1. The summed E-state index contributed by atoms with van der Waals surface area (Å²) in [6.07, 6.45) is 1.57. The lowest BCUT2D eigenvalue weighted by Crippen LogP contribution is -1.99. The molecule has 0 N–H and O–H groups in total. The van der Waals surface area contributed by atoms with Gasteiger partial charge in [-0.15, -0.1) is 0 Å².